The zero-order chi connectivity index (χ0) is 19.3. The number of ether oxygens (including phenoxy) is 2. The number of rotatable bonds is 7. The zero-order valence-corrected chi connectivity index (χ0v) is 15.6. The second kappa shape index (κ2) is 8.78. The number of halogens is 2. The third-order valence-electron chi connectivity index (χ3n) is 3.68. The molecule has 0 aliphatic rings. The van der Waals surface area contributed by atoms with Crippen LogP contribution in [0.1, 0.15) is 28.4 Å². The van der Waals surface area contributed by atoms with E-state index in [-0.39, 0.29) is 17.0 Å². The van der Waals surface area contributed by atoms with Crippen molar-refractivity contribution in [2.24, 2.45) is 0 Å². The molecule has 0 aliphatic carbocycles. The van der Waals surface area contributed by atoms with Gasteiger partial charge in [-0.15, -0.1) is 0 Å². The van der Waals surface area contributed by atoms with E-state index in [0.717, 1.165) is 0 Å². The fourth-order valence-corrected chi connectivity index (χ4v) is 2.67. The van der Waals surface area contributed by atoms with Crippen molar-refractivity contribution in [1.29, 1.82) is 0 Å². The number of methoxy groups -OCH3 is 2. The van der Waals surface area contributed by atoms with E-state index in [1.54, 1.807) is 18.2 Å². The Morgan fingerprint density at radius 1 is 1.04 bits per heavy atom. The Hall–Kier alpha value is -2.44. The van der Waals surface area contributed by atoms with E-state index in [4.69, 9.17) is 32.7 Å². The average Bonchev–Trinajstić information content (AvgIpc) is 2.62. The largest absolute Gasteiger partial charge is 0.493 e. The molecule has 1 amide bonds. The van der Waals surface area contributed by atoms with Crippen LogP contribution in [0.2, 0.25) is 10.0 Å². The van der Waals surface area contributed by atoms with Gasteiger partial charge in [0.25, 0.3) is 5.91 Å². The molecule has 6 nitrogen and oxygen atoms in total. The molecule has 2 N–H and O–H groups in total. The molecule has 0 bridgehead atoms. The summed E-state index contributed by atoms with van der Waals surface area (Å²) in [6.07, 6.45) is -0.303. The van der Waals surface area contributed by atoms with E-state index in [0.29, 0.717) is 22.1 Å². The molecular weight excluding hydrogens is 381 g/mol. The molecule has 0 radical (unpaired) electrons. The summed E-state index contributed by atoms with van der Waals surface area (Å²) in [5.41, 5.74) is 0.841. The highest BCUT2D eigenvalue weighted by Crippen LogP contribution is 2.31. The number of hydrogen-bond donors (Lipinski definition) is 2. The molecule has 1 atom stereocenters. The monoisotopic (exact) mass is 397 g/mol. The number of carbonyl (C=O) groups excluding carboxylic acids is 1. The van der Waals surface area contributed by atoms with Crippen LogP contribution < -0.4 is 14.8 Å². The van der Waals surface area contributed by atoms with E-state index in [2.05, 4.69) is 5.32 Å². The summed E-state index contributed by atoms with van der Waals surface area (Å²) in [6, 6.07) is 8.61. The number of hydrogen-bond acceptors (Lipinski definition) is 4. The van der Waals surface area contributed by atoms with Gasteiger partial charge in [0.2, 0.25) is 0 Å². The van der Waals surface area contributed by atoms with Crippen LogP contribution in [-0.4, -0.2) is 31.2 Å². The van der Waals surface area contributed by atoms with Crippen LogP contribution in [-0.2, 0) is 4.79 Å². The maximum absolute atomic E-state index is 12.5. The first kappa shape index (κ1) is 19.9. The Bertz CT molecular complexity index is 825. The summed E-state index contributed by atoms with van der Waals surface area (Å²) < 4.78 is 10.4. The summed E-state index contributed by atoms with van der Waals surface area (Å²) in [5, 5.41) is 12.4. The summed E-state index contributed by atoms with van der Waals surface area (Å²) >= 11 is 11.8. The van der Waals surface area contributed by atoms with Gasteiger partial charge >= 0.3 is 5.97 Å². The molecule has 0 heterocycles. The quantitative estimate of drug-likeness (QED) is 0.738. The lowest BCUT2D eigenvalue weighted by molar-refractivity contribution is -0.137. The summed E-state index contributed by atoms with van der Waals surface area (Å²) in [5.74, 6) is -0.589. The lowest BCUT2D eigenvalue weighted by Gasteiger charge is -2.19. The molecule has 138 valence electrons. The standard InChI is InChI=1S/C18H17Cl2NO5/c1-25-15-6-4-10(8-16(15)26-2)14(9-17(22)23)21-18(24)11-3-5-12(19)13(20)7-11/h3-8,14H,9H2,1-2H3,(H,21,24)(H,22,23)/t14-/m1/s1. The molecular formula is C18H17Cl2NO5. The van der Waals surface area contributed by atoms with Gasteiger partial charge in [-0.05, 0) is 35.9 Å². The van der Waals surface area contributed by atoms with E-state index >= 15 is 0 Å². The molecule has 8 heteroatoms. The molecule has 0 saturated carbocycles. The fourth-order valence-electron chi connectivity index (χ4n) is 2.38. The minimum absolute atomic E-state index is 0.236. The minimum atomic E-state index is -1.06. The van der Waals surface area contributed by atoms with Crippen LogP contribution in [0.25, 0.3) is 0 Å². The molecule has 26 heavy (non-hydrogen) atoms. The van der Waals surface area contributed by atoms with Crippen molar-refractivity contribution in [3.63, 3.8) is 0 Å². The lowest BCUT2D eigenvalue weighted by atomic mass is 10.0. The Morgan fingerprint density at radius 2 is 1.73 bits per heavy atom. The second-order valence-electron chi connectivity index (χ2n) is 5.37. The number of carboxylic acid groups (broad SMARTS) is 1. The van der Waals surface area contributed by atoms with Gasteiger partial charge in [0, 0.05) is 5.56 Å². The maximum atomic E-state index is 12.5. The Morgan fingerprint density at radius 3 is 2.31 bits per heavy atom. The van der Waals surface area contributed by atoms with Crippen LogP contribution in [0, 0.1) is 0 Å². The van der Waals surface area contributed by atoms with Crippen molar-refractivity contribution < 1.29 is 24.2 Å². The molecule has 2 aromatic carbocycles. The van der Waals surface area contributed by atoms with Crippen molar-refractivity contribution in [1.82, 2.24) is 5.32 Å². The van der Waals surface area contributed by atoms with Crippen LogP contribution >= 0.6 is 23.2 Å². The van der Waals surface area contributed by atoms with Crippen molar-refractivity contribution in [2.45, 2.75) is 12.5 Å². The Kier molecular flexibility index (Phi) is 6.71. The van der Waals surface area contributed by atoms with E-state index in [9.17, 15) is 14.7 Å². The molecule has 0 saturated heterocycles. The van der Waals surface area contributed by atoms with Crippen molar-refractivity contribution in [3.8, 4) is 11.5 Å². The van der Waals surface area contributed by atoms with Crippen LogP contribution in [0.3, 0.4) is 0 Å². The van der Waals surface area contributed by atoms with Gasteiger partial charge in [0.05, 0.1) is 36.7 Å². The molecule has 0 aromatic heterocycles. The van der Waals surface area contributed by atoms with E-state index in [1.165, 1.54) is 32.4 Å². The third kappa shape index (κ3) is 4.80. The van der Waals surface area contributed by atoms with Gasteiger partial charge in [-0.25, -0.2) is 0 Å². The SMILES string of the molecule is COc1ccc([C@@H](CC(=O)O)NC(=O)c2ccc(Cl)c(Cl)c2)cc1OC. The van der Waals surface area contributed by atoms with Gasteiger partial charge in [0.1, 0.15) is 0 Å². The fraction of sp³-hybridized carbons (Fsp3) is 0.222. The molecule has 0 aliphatic heterocycles. The van der Waals surface area contributed by atoms with Crippen LogP contribution in [0.15, 0.2) is 36.4 Å². The highest BCUT2D eigenvalue weighted by molar-refractivity contribution is 6.42. The van der Waals surface area contributed by atoms with Gasteiger partial charge in [0.15, 0.2) is 11.5 Å². The van der Waals surface area contributed by atoms with Crippen molar-refractivity contribution in [2.75, 3.05) is 14.2 Å². The van der Waals surface area contributed by atoms with Gasteiger partial charge in [-0.2, -0.15) is 0 Å². The number of aliphatic carboxylic acids is 1. The summed E-state index contributed by atoms with van der Waals surface area (Å²) in [6.45, 7) is 0. The number of nitrogens with one attached hydrogen (secondary N) is 1. The predicted octanol–water partition coefficient (Wildman–Crippen LogP) is 3.96. The smallest absolute Gasteiger partial charge is 0.305 e. The molecule has 2 aromatic rings. The minimum Gasteiger partial charge on any atom is -0.493 e. The second-order valence-corrected chi connectivity index (χ2v) is 6.18. The topological polar surface area (TPSA) is 84.9 Å². The van der Waals surface area contributed by atoms with Crippen molar-refractivity contribution in [3.05, 3.63) is 57.6 Å². The number of carbonyl (C=O) groups is 2. The number of carboxylic acids is 1. The normalized spacial score (nSPS) is 11.5. The van der Waals surface area contributed by atoms with Crippen LogP contribution in [0.4, 0.5) is 0 Å². The summed E-state index contributed by atoms with van der Waals surface area (Å²) in [7, 11) is 2.97. The van der Waals surface area contributed by atoms with Gasteiger partial charge in [-0.1, -0.05) is 29.3 Å². The van der Waals surface area contributed by atoms with Crippen LogP contribution in [0.5, 0.6) is 11.5 Å². The first-order chi connectivity index (χ1) is 12.3. The highest BCUT2D eigenvalue weighted by atomic mass is 35.5. The lowest BCUT2D eigenvalue weighted by Crippen LogP contribution is -2.30. The molecule has 0 unspecified atom stereocenters. The Balaban J connectivity index is 2.31. The zero-order valence-electron chi connectivity index (χ0n) is 14.1. The number of amides is 1. The molecule has 0 fully saturated rings. The predicted molar refractivity (Wildman–Crippen MR) is 98.5 cm³/mol. The van der Waals surface area contributed by atoms with Crippen molar-refractivity contribution >= 4 is 35.1 Å². The molecule has 0 spiro atoms. The summed E-state index contributed by atoms with van der Waals surface area (Å²) in [4.78, 5) is 23.7. The first-order valence-electron chi connectivity index (χ1n) is 7.55. The van der Waals surface area contributed by atoms with E-state index < -0.39 is 17.9 Å². The highest BCUT2D eigenvalue weighted by Gasteiger charge is 2.21. The average molecular weight is 398 g/mol. The van der Waals surface area contributed by atoms with E-state index in [1.807, 2.05) is 0 Å². The third-order valence-corrected chi connectivity index (χ3v) is 4.41. The molecule has 2 rings (SSSR count). The first-order valence-corrected chi connectivity index (χ1v) is 8.31. The van der Waals surface area contributed by atoms with Gasteiger partial charge < -0.3 is 19.9 Å². The Labute approximate surface area is 160 Å². The number of benzene rings is 2. The maximum Gasteiger partial charge on any atom is 0.305 e. The van der Waals surface area contributed by atoms with Gasteiger partial charge in [-0.3, -0.25) is 9.59 Å².